The van der Waals surface area contributed by atoms with Crippen LogP contribution < -0.4 is 10.6 Å². The first kappa shape index (κ1) is 77.7. The van der Waals surface area contributed by atoms with Crippen LogP contribution in [0.25, 0.3) is 0 Å². The molecule has 13 nitrogen and oxygen atoms in total. The van der Waals surface area contributed by atoms with Crippen LogP contribution in [0.2, 0.25) is 0 Å². The molecular formula is C86H114N2O11. The van der Waals surface area contributed by atoms with Gasteiger partial charge in [0.1, 0.15) is 37.1 Å². The summed E-state index contributed by atoms with van der Waals surface area (Å²) >= 11 is 0. The Morgan fingerprint density at radius 1 is 0.394 bits per heavy atom. The normalized spacial score (nSPS) is 17.0. The number of ether oxygens (including phenoxy) is 9. The van der Waals surface area contributed by atoms with Crippen LogP contribution in [0.5, 0.6) is 0 Å². The zero-order valence-electron chi connectivity index (χ0n) is 59.2. The molecular weight excluding hydrogens is 1240 g/mol. The summed E-state index contributed by atoms with van der Waals surface area (Å²) in [7, 11) is 0. The number of carbonyl (C=O) groups is 2. The van der Waals surface area contributed by atoms with Crippen molar-refractivity contribution >= 4 is 12.0 Å². The molecule has 1 aliphatic heterocycles. The van der Waals surface area contributed by atoms with Crippen LogP contribution in [-0.2, 0) is 93.7 Å². The smallest absolute Gasteiger partial charge is 0.407 e. The van der Waals surface area contributed by atoms with Gasteiger partial charge in [0, 0.05) is 13.0 Å². The lowest BCUT2D eigenvalue weighted by Crippen LogP contribution is -2.62. The number of hydrogen-bond acceptors (Lipinski definition) is 11. The van der Waals surface area contributed by atoms with Gasteiger partial charge in [-0.3, -0.25) is 4.79 Å². The number of amides is 2. The molecule has 0 aliphatic carbocycles. The summed E-state index contributed by atoms with van der Waals surface area (Å²) in [6.45, 7) is 5.13. The number of carbonyl (C=O) groups excluding carboxylic acids is 2. The standard InChI is InChI=1S/C86H114N2O11/c1-2-3-4-5-6-7-8-9-11-14-17-41-58-78(92-62-71-46-29-21-30-47-71)81(93-63-72-48-31-22-32-49-72)77(88-80(89)59-42-18-15-12-10-13-16-19-43-60-87-86(90)98-67-76-56-39-26-40-57-76)68-97-85-84(96-66-75-54-37-25-38-55-75)83(95-65-74-52-35-24-36-53-74)82(94-64-73-50-33-23-34-51-73)79(99-85)69-91-61-70-44-27-20-28-45-70/h20-40,44-57,77-79,81-85H,2-19,41-43,58-69H2,1H3,(H,87,90)(H,88,89)/t77-,78+,79+,81-,82-,83-,84+,85-/m0/s1. The maximum Gasteiger partial charge on any atom is 0.407 e. The number of unbranched alkanes of at least 4 members (excludes halogenated alkanes) is 19. The fraction of sp³-hybridized carbons (Fsp3) is 0.488. The quantitative estimate of drug-likeness (QED) is 0.0352. The molecule has 8 atom stereocenters. The summed E-state index contributed by atoms with van der Waals surface area (Å²) in [5.74, 6) is -0.0753. The Labute approximate surface area is 592 Å². The van der Waals surface area contributed by atoms with Gasteiger partial charge in [-0.1, -0.05) is 341 Å². The number of benzene rings is 7. The van der Waals surface area contributed by atoms with Crippen LogP contribution in [0.3, 0.4) is 0 Å². The third-order valence-electron chi connectivity index (χ3n) is 18.4. The third kappa shape index (κ3) is 31.6. The Kier molecular flexibility index (Phi) is 38.2. The van der Waals surface area contributed by atoms with Gasteiger partial charge in [0.15, 0.2) is 6.29 Å². The first-order chi connectivity index (χ1) is 49.0. The molecule has 0 saturated carbocycles. The molecule has 99 heavy (non-hydrogen) atoms. The highest BCUT2D eigenvalue weighted by Gasteiger charge is 2.50. The lowest BCUT2D eigenvalue weighted by molar-refractivity contribution is -0.330. The van der Waals surface area contributed by atoms with Crippen LogP contribution >= 0.6 is 0 Å². The van der Waals surface area contributed by atoms with Gasteiger partial charge in [-0.25, -0.2) is 4.79 Å². The van der Waals surface area contributed by atoms with Crippen molar-refractivity contribution < 1.29 is 52.2 Å². The van der Waals surface area contributed by atoms with Gasteiger partial charge in [-0.2, -0.15) is 0 Å². The van der Waals surface area contributed by atoms with Crippen molar-refractivity contribution in [3.8, 4) is 0 Å². The molecule has 0 radical (unpaired) electrons. The summed E-state index contributed by atoms with van der Waals surface area (Å²) in [5, 5.41) is 6.42. The Bertz CT molecular complexity index is 3120. The van der Waals surface area contributed by atoms with Crippen molar-refractivity contribution in [2.24, 2.45) is 0 Å². The second kappa shape index (κ2) is 48.7. The molecule has 2 N–H and O–H groups in total. The first-order valence-electron chi connectivity index (χ1n) is 37.4. The van der Waals surface area contributed by atoms with E-state index in [9.17, 15) is 9.59 Å². The fourth-order valence-electron chi connectivity index (χ4n) is 12.7. The Morgan fingerprint density at radius 2 is 0.778 bits per heavy atom. The molecule has 1 fully saturated rings. The van der Waals surface area contributed by atoms with Gasteiger partial charge in [-0.15, -0.1) is 0 Å². The van der Waals surface area contributed by atoms with Crippen molar-refractivity contribution in [3.63, 3.8) is 0 Å². The number of hydrogen-bond donors (Lipinski definition) is 2. The van der Waals surface area contributed by atoms with Gasteiger partial charge < -0.3 is 53.3 Å². The molecule has 1 saturated heterocycles. The number of rotatable bonds is 52. The van der Waals surface area contributed by atoms with E-state index in [0.29, 0.717) is 39.4 Å². The molecule has 7 aromatic carbocycles. The molecule has 0 spiro atoms. The van der Waals surface area contributed by atoms with Crippen molar-refractivity contribution in [2.75, 3.05) is 19.8 Å². The van der Waals surface area contributed by atoms with Gasteiger partial charge >= 0.3 is 6.09 Å². The molecule has 13 heteroatoms. The van der Waals surface area contributed by atoms with Gasteiger partial charge in [0.05, 0.1) is 65.0 Å². The lowest BCUT2D eigenvalue weighted by Gasteiger charge is -2.46. The topological polar surface area (TPSA) is 141 Å². The van der Waals surface area contributed by atoms with Crippen molar-refractivity contribution in [2.45, 2.75) is 250 Å². The van der Waals surface area contributed by atoms with Crippen molar-refractivity contribution in [1.82, 2.24) is 10.6 Å². The molecule has 1 aliphatic rings. The minimum atomic E-state index is -1.03. The van der Waals surface area contributed by atoms with E-state index in [1.807, 2.05) is 152 Å². The summed E-state index contributed by atoms with van der Waals surface area (Å²) < 4.78 is 62.3. The highest BCUT2D eigenvalue weighted by atomic mass is 16.7. The zero-order chi connectivity index (χ0) is 68.7. The largest absolute Gasteiger partial charge is 0.445 e. The van der Waals surface area contributed by atoms with Crippen LogP contribution in [0.1, 0.15) is 194 Å². The lowest BCUT2D eigenvalue weighted by atomic mass is 9.97. The van der Waals surface area contributed by atoms with E-state index < -0.39 is 49.0 Å². The van der Waals surface area contributed by atoms with E-state index in [2.05, 4.69) is 78.2 Å². The average Bonchev–Trinajstić information content (AvgIpc) is 0.805. The predicted molar refractivity (Wildman–Crippen MR) is 394 cm³/mol. The molecule has 2 amide bonds. The van der Waals surface area contributed by atoms with E-state index in [-0.39, 0.29) is 45.0 Å². The van der Waals surface area contributed by atoms with E-state index in [0.717, 1.165) is 122 Å². The molecule has 7 aromatic rings. The van der Waals surface area contributed by atoms with Gasteiger partial charge in [-0.05, 0) is 58.2 Å². The molecule has 0 bridgehead atoms. The third-order valence-corrected chi connectivity index (χ3v) is 18.4. The molecule has 0 unspecified atom stereocenters. The summed E-state index contributed by atoms with van der Waals surface area (Å²) in [5.41, 5.74) is 7.05. The van der Waals surface area contributed by atoms with E-state index in [1.54, 1.807) is 0 Å². The highest BCUT2D eigenvalue weighted by molar-refractivity contribution is 5.76. The summed E-state index contributed by atoms with van der Waals surface area (Å²) in [6.07, 6.45) is 19.6. The minimum Gasteiger partial charge on any atom is -0.445 e. The van der Waals surface area contributed by atoms with Crippen molar-refractivity contribution in [3.05, 3.63) is 251 Å². The average molecular weight is 1350 g/mol. The van der Waals surface area contributed by atoms with Crippen molar-refractivity contribution in [1.29, 1.82) is 0 Å². The molecule has 0 aromatic heterocycles. The summed E-state index contributed by atoms with van der Waals surface area (Å²) in [4.78, 5) is 27.1. The number of nitrogens with one attached hydrogen (secondary N) is 2. The van der Waals surface area contributed by atoms with Gasteiger partial charge in [0.25, 0.3) is 0 Å². The SMILES string of the molecule is CCCCCCCCCCCCCC[C@@H](OCc1ccccc1)[C@@H](OCc1ccccc1)[C@H](CO[C@H]1O[C@H](COCc2ccccc2)[C@H](OCc2ccccc2)[C@H](OCc2ccccc2)[C@H]1OCc1ccccc1)NC(=O)CCCCCCCCCCCNC(=O)OCc1ccccc1. The van der Waals surface area contributed by atoms with Crippen LogP contribution in [-0.4, -0.2) is 80.7 Å². The van der Waals surface area contributed by atoms with Crippen LogP contribution in [0, 0.1) is 0 Å². The zero-order valence-corrected chi connectivity index (χ0v) is 59.2. The Hall–Kier alpha value is -7.04. The maximum absolute atomic E-state index is 14.9. The molecule has 8 rings (SSSR count). The first-order valence-corrected chi connectivity index (χ1v) is 37.4. The molecule has 1 heterocycles. The minimum absolute atomic E-state index is 0.00234. The van der Waals surface area contributed by atoms with Gasteiger partial charge in [0.2, 0.25) is 5.91 Å². The predicted octanol–water partition coefficient (Wildman–Crippen LogP) is 19.3. The fourth-order valence-corrected chi connectivity index (χ4v) is 12.7. The van der Waals surface area contributed by atoms with E-state index >= 15 is 0 Å². The van der Waals surface area contributed by atoms with Crippen LogP contribution in [0.4, 0.5) is 4.79 Å². The molecule has 534 valence electrons. The Balaban J connectivity index is 1.02. The van der Waals surface area contributed by atoms with Crippen LogP contribution in [0.15, 0.2) is 212 Å². The van der Waals surface area contributed by atoms with E-state index in [4.69, 9.17) is 42.6 Å². The Morgan fingerprint density at radius 3 is 1.25 bits per heavy atom. The maximum atomic E-state index is 14.9. The monoisotopic (exact) mass is 1350 g/mol. The summed E-state index contributed by atoms with van der Waals surface area (Å²) in [6, 6.07) is 70.1. The second-order valence-corrected chi connectivity index (χ2v) is 26.5. The second-order valence-electron chi connectivity index (χ2n) is 26.5. The highest BCUT2D eigenvalue weighted by Crippen LogP contribution is 2.33. The van der Waals surface area contributed by atoms with E-state index in [1.165, 1.54) is 57.8 Å². The number of alkyl carbamates (subject to hydrolysis) is 1.